The van der Waals surface area contributed by atoms with E-state index in [1.165, 1.54) is 12.1 Å². The van der Waals surface area contributed by atoms with Crippen LogP contribution in [0.15, 0.2) is 28.8 Å². The van der Waals surface area contributed by atoms with Crippen LogP contribution in [0.5, 0.6) is 5.75 Å². The highest BCUT2D eigenvalue weighted by atomic mass is 19.4. The fraction of sp³-hybridized carbons (Fsp3) is 0.438. The lowest BCUT2D eigenvalue weighted by molar-refractivity contribution is -0.274. The smallest absolute Gasteiger partial charge is 0.406 e. The average molecular weight is 355 g/mol. The molecule has 0 spiro atoms. The molecule has 1 aromatic carbocycles. The Hall–Kier alpha value is -2.58. The second-order valence-corrected chi connectivity index (χ2v) is 5.99. The summed E-state index contributed by atoms with van der Waals surface area (Å²) in [6.45, 7) is 2.66. The number of benzene rings is 1. The van der Waals surface area contributed by atoms with E-state index in [2.05, 4.69) is 14.9 Å². The average Bonchev–Trinajstić information content (AvgIpc) is 3.00. The van der Waals surface area contributed by atoms with Gasteiger partial charge in [0.15, 0.2) is 5.82 Å². The number of hydrogen-bond donors (Lipinski definition) is 0. The van der Waals surface area contributed by atoms with Crippen LogP contribution in [0.2, 0.25) is 0 Å². The predicted molar refractivity (Wildman–Crippen MR) is 79.9 cm³/mol. The molecule has 0 radical (unpaired) electrons. The third-order valence-corrected chi connectivity index (χ3v) is 4.11. The fourth-order valence-electron chi connectivity index (χ4n) is 3.06. The van der Waals surface area contributed by atoms with Crippen LogP contribution in [0.4, 0.5) is 13.2 Å². The molecule has 0 bridgehead atoms. The molecule has 1 amide bonds. The molecule has 2 heterocycles. The highest BCUT2D eigenvalue weighted by Gasteiger charge is 2.33. The Morgan fingerprint density at radius 2 is 1.92 bits per heavy atom. The SMILES string of the molecule is Cc1noc(C2CC(c3ccc(OC(F)(F)F)cc3)CN(C=O)C2)n1. The number of aromatic nitrogens is 2. The molecule has 2 aromatic rings. The zero-order valence-electron chi connectivity index (χ0n) is 13.4. The minimum absolute atomic E-state index is 0.0453. The Morgan fingerprint density at radius 1 is 1.24 bits per heavy atom. The number of aryl methyl sites for hydroxylation is 1. The lowest BCUT2D eigenvalue weighted by atomic mass is 9.84. The van der Waals surface area contributed by atoms with Crippen LogP contribution in [0, 0.1) is 6.92 Å². The molecule has 0 aliphatic carbocycles. The van der Waals surface area contributed by atoms with Crippen LogP contribution >= 0.6 is 0 Å². The molecular formula is C16H16F3N3O3. The zero-order chi connectivity index (χ0) is 18.0. The van der Waals surface area contributed by atoms with Crippen molar-refractivity contribution in [2.45, 2.75) is 31.5 Å². The normalized spacial score (nSPS) is 21.2. The summed E-state index contributed by atoms with van der Waals surface area (Å²) in [5.41, 5.74) is 0.822. The number of piperidine rings is 1. The predicted octanol–water partition coefficient (Wildman–Crippen LogP) is 3.01. The maximum atomic E-state index is 12.2. The monoisotopic (exact) mass is 355 g/mol. The number of rotatable bonds is 4. The van der Waals surface area contributed by atoms with Crippen molar-refractivity contribution in [1.82, 2.24) is 15.0 Å². The van der Waals surface area contributed by atoms with E-state index in [1.54, 1.807) is 24.0 Å². The van der Waals surface area contributed by atoms with Gasteiger partial charge in [-0.15, -0.1) is 13.2 Å². The Labute approximate surface area is 141 Å². The largest absolute Gasteiger partial charge is 0.573 e. The minimum atomic E-state index is -4.72. The molecule has 9 heteroatoms. The van der Waals surface area contributed by atoms with Crippen molar-refractivity contribution < 1.29 is 27.2 Å². The molecule has 0 N–H and O–H groups in total. The molecule has 1 aromatic heterocycles. The summed E-state index contributed by atoms with van der Waals surface area (Å²) < 4.78 is 45.8. The molecule has 0 saturated carbocycles. The van der Waals surface area contributed by atoms with Crippen LogP contribution in [0.1, 0.15) is 35.5 Å². The Bertz CT molecular complexity index is 730. The molecule has 1 fully saturated rings. The van der Waals surface area contributed by atoms with Gasteiger partial charge < -0.3 is 14.2 Å². The van der Waals surface area contributed by atoms with Crippen LogP contribution in [-0.4, -0.2) is 40.9 Å². The molecule has 2 unspecified atom stereocenters. The zero-order valence-corrected chi connectivity index (χ0v) is 13.4. The maximum absolute atomic E-state index is 12.2. The van der Waals surface area contributed by atoms with E-state index in [-0.39, 0.29) is 17.6 Å². The minimum Gasteiger partial charge on any atom is -0.406 e. The first-order valence-electron chi connectivity index (χ1n) is 7.69. The summed E-state index contributed by atoms with van der Waals surface area (Å²) in [7, 11) is 0. The van der Waals surface area contributed by atoms with Crippen LogP contribution in [0.25, 0.3) is 0 Å². The van der Waals surface area contributed by atoms with Crippen molar-refractivity contribution in [2.24, 2.45) is 0 Å². The number of halogens is 3. The van der Waals surface area contributed by atoms with E-state index in [0.29, 0.717) is 31.2 Å². The molecule has 6 nitrogen and oxygen atoms in total. The first kappa shape index (κ1) is 17.2. The van der Waals surface area contributed by atoms with Gasteiger partial charge in [0.25, 0.3) is 0 Å². The van der Waals surface area contributed by atoms with Crippen LogP contribution in [0.3, 0.4) is 0 Å². The molecule has 25 heavy (non-hydrogen) atoms. The maximum Gasteiger partial charge on any atom is 0.573 e. The number of amides is 1. The van der Waals surface area contributed by atoms with Crippen molar-refractivity contribution >= 4 is 6.41 Å². The van der Waals surface area contributed by atoms with Gasteiger partial charge in [-0.3, -0.25) is 4.79 Å². The number of carbonyl (C=O) groups is 1. The molecule has 1 aliphatic rings. The summed E-state index contributed by atoms with van der Waals surface area (Å²) in [4.78, 5) is 17.1. The van der Waals surface area contributed by atoms with E-state index in [4.69, 9.17) is 4.52 Å². The summed E-state index contributed by atoms with van der Waals surface area (Å²) >= 11 is 0. The molecule has 3 rings (SSSR count). The molecular weight excluding hydrogens is 339 g/mol. The number of hydrogen-bond acceptors (Lipinski definition) is 5. The van der Waals surface area contributed by atoms with Crippen molar-refractivity contribution in [3.8, 4) is 5.75 Å². The van der Waals surface area contributed by atoms with Crippen molar-refractivity contribution in [3.63, 3.8) is 0 Å². The highest BCUT2D eigenvalue weighted by molar-refractivity contribution is 5.48. The second-order valence-electron chi connectivity index (χ2n) is 5.99. The summed E-state index contributed by atoms with van der Waals surface area (Å²) in [6, 6.07) is 5.70. The van der Waals surface area contributed by atoms with Gasteiger partial charge >= 0.3 is 6.36 Å². The van der Waals surface area contributed by atoms with Gasteiger partial charge in [-0.1, -0.05) is 17.3 Å². The van der Waals surface area contributed by atoms with Crippen molar-refractivity contribution in [2.75, 3.05) is 13.1 Å². The van der Waals surface area contributed by atoms with Crippen LogP contribution < -0.4 is 4.74 Å². The summed E-state index contributed by atoms with van der Waals surface area (Å²) in [6.07, 6.45) is -3.31. The topological polar surface area (TPSA) is 68.5 Å². The lowest BCUT2D eigenvalue weighted by Gasteiger charge is -2.34. The number of alkyl halides is 3. The molecule has 1 aliphatic heterocycles. The first-order chi connectivity index (χ1) is 11.8. The quantitative estimate of drug-likeness (QED) is 0.789. The fourth-order valence-corrected chi connectivity index (χ4v) is 3.06. The molecule has 134 valence electrons. The van der Waals surface area contributed by atoms with Gasteiger partial charge in [0.1, 0.15) is 5.75 Å². The van der Waals surface area contributed by atoms with Gasteiger partial charge in [-0.05, 0) is 31.0 Å². The third kappa shape index (κ3) is 4.28. The van der Waals surface area contributed by atoms with Crippen molar-refractivity contribution in [3.05, 3.63) is 41.5 Å². The Kier molecular flexibility index (Phi) is 4.65. The van der Waals surface area contributed by atoms with Gasteiger partial charge in [-0.25, -0.2) is 0 Å². The van der Waals surface area contributed by atoms with Gasteiger partial charge in [0, 0.05) is 19.0 Å². The van der Waals surface area contributed by atoms with E-state index in [9.17, 15) is 18.0 Å². The first-order valence-corrected chi connectivity index (χ1v) is 7.69. The molecule has 1 saturated heterocycles. The summed E-state index contributed by atoms with van der Waals surface area (Å²) in [5, 5.41) is 3.77. The number of nitrogens with zero attached hydrogens (tertiary/aromatic N) is 3. The van der Waals surface area contributed by atoms with E-state index in [1.807, 2.05) is 0 Å². The highest BCUT2D eigenvalue weighted by Crippen LogP contribution is 2.35. The van der Waals surface area contributed by atoms with E-state index in [0.717, 1.165) is 12.0 Å². The molecule has 2 atom stereocenters. The Morgan fingerprint density at radius 3 is 2.48 bits per heavy atom. The van der Waals surface area contributed by atoms with Crippen LogP contribution in [-0.2, 0) is 4.79 Å². The van der Waals surface area contributed by atoms with Gasteiger partial charge in [0.05, 0.1) is 5.92 Å². The van der Waals surface area contributed by atoms with Crippen molar-refractivity contribution in [1.29, 1.82) is 0 Å². The Balaban J connectivity index is 1.77. The van der Waals surface area contributed by atoms with Gasteiger partial charge in [0.2, 0.25) is 12.3 Å². The third-order valence-electron chi connectivity index (χ3n) is 4.11. The number of ether oxygens (including phenoxy) is 1. The lowest BCUT2D eigenvalue weighted by Crippen LogP contribution is -2.37. The van der Waals surface area contributed by atoms with Gasteiger partial charge in [-0.2, -0.15) is 4.98 Å². The number of carbonyl (C=O) groups excluding carboxylic acids is 1. The summed E-state index contributed by atoms with van der Waals surface area (Å²) in [5.74, 6) is 0.547. The second kappa shape index (κ2) is 6.73. The standard InChI is InChI=1S/C16H16F3N3O3/c1-10-20-15(25-21-10)13-6-12(7-22(8-13)9-23)11-2-4-14(5-3-11)24-16(17,18)19/h2-5,9,12-13H,6-8H2,1H3. The van der Waals surface area contributed by atoms with E-state index < -0.39 is 6.36 Å². The van der Waals surface area contributed by atoms with E-state index >= 15 is 0 Å². The number of likely N-dealkylation sites (tertiary alicyclic amines) is 1.